The zero-order valence-electron chi connectivity index (χ0n) is 20.4. The number of hydrogen-bond acceptors (Lipinski definition) is 10. The van der Waals surface area contributed by atoms with E-state index in [-0.39, 0.29) is 35.6 Å². The Bertz CT molecular complexity index is 1450. The van der Waals surface area contributed by atoms with E-state index >= 15 is 0 Å². The van der Waals surface area contributed by atoms with E-state index in [1.165, 1.54) is 66.7 Å². The Hall–Kier alpha value is -4.56. The van der Waals surface area contributed by atoms with Crippen LogP contribution in [0.5, 0.6) is 0 Å². The SMILES string of the molecule is O=C1CC(Sc2ccc([N+](=O)[O-])cc2)C(=O)N1c1cccc(N2C(=O)CC(Sc3ccc([N+](=O)[O-])cc3)C2=O)c1. The van der Waals surface area contributed by atoms with Crippen LogP contribution >= 0.6 is 23.5 Å². The van der Waals surface area contributed by atoms with Crippen molar-refractivity contribution >= 4 is 69.9 Å². The number of hydrogen-bond donors (Lipinski definition) is 0. The van der Waals surface area contributed by atoms with Gasteiger partial charge in [0.2, 0.25) is 23.6 Å². The fourth-order valence-electron chi connectivity index (χ4n) is 4.33. The van der Waals surface area contributed by atoms with E-state index in [0.717, 1.165) is 33.3 Å². The highest BCUT2D eigenvalue weighted by molar-refractivity contribution is 8.01. The number of nitro groups is 2. The quantitative estimate of drug-likeness (QED) is 0.213. The fourth-order valence-corrected chi connectivity index (χ4v) is 6.44. The van der Waals surface area contributed by atoms with Crippen molar-refractivity contribution in [1.82, 2.24) is 0 Å². The first-order chi connectivity index (χ1) is 19.1. The van der Waals surface area contributed by atoms with Gasteiger partial charge in [-0.1, -0.05) is 6.07 Å². The van der Waals surface area contributed by atoms with Gasteiger partial charge in [-0.25, -0.2) is 9.80 Å². The van der Waals surface area contributed by atoms with Crippen molar-refractivity contribution in [2.75, 3.05) is 9.80 Å². The molecule has 2 unspecified atom stereocenters. The lowest BCUT2D eigenvalue weighted by Gasteiger charge is -2.19. The highest BCUT2D eigenvalue weighted by Crippen LogP contribution is 2.38. The molecule has 4 amide bonds. The van der Waals surface area contributed by atoms with Gasteiger partial charge < -0.3 is 0 Å². The minimum atomic E-state index is -0.741. The van der Waals surface area contributed by atoms with E-state index in [2.05, 4.69) is 0 Å². The Labute approximate surface area is 234 Å². The van der Waals surface area contributed by atoms with E-state index in [0.29, 0.717) is 9.79 Å². The lowest BCUT2D eigenvalue weighted by molar-refractivity contribution is -0.385. The van der Waals surface area contributed by atoms with Gasteiger partial charge in [0.1, 0.15) is 0 Å². The molecule has 0 aliphatic carbocycles. The van der Waals surface area contributed by atoms with Crippen LogP contribution in [0.4, 0.5) is 22.7 Å². The summed E-state index contributed by atoms with van der Waals surface area (Å²) in [5.41, 5.74) is 0.254. The molecule has 0 bridgehead atoms. The second kappa shape index (κ2) is 10.9. The van der Waals surface area contributed by atoms with Crippen LogP contribution in [0.25, 0.3) is 0 Å². The molecule has 40 heavy (non-hydrogen) atoms. The maximum absolute atomic E-state index is 13.2. The number of amides is 4. The normalized spacial score (nSPS) is 19.0. The lowest BCUT2D eigenvalue weighted by Crippen LogP contribution is -2.33. The predicted molar refractivity (Wildman–Crippen MR) is 146 cm³/mol. The van der Waals surface area contributed by atoms with E-state index < -0.39 is 44.0 Å². The van der Waals surface area contributed by atoms with Crippen molar-refractivity contribution in [2.45, 2.75) is 33.1 Å². The zero-order valence-corrected chi connectivity index (χ0v) is 22.0. The van der Waals surface area contributed by atoms with Gasteiger partial charge in [0, 0.05) is 46.9 Å². The molecule has 0 radical (unpaired) electrons. The zero-order chi connectivity index (χ0) is 28.6. The summed E-state index contributed by atoms with van der Waals surface area (Å²) in [4.78, 5) is 75.9. The average molecular weight is 579 g/mol. The van der Waals surface area contributed by atoms with Crippen molar-refractivity contribution in [3.8, 4) is 0 Å². The van der Waals surface area contributed by atoms with Crippen LogP contribution in [0, 0.1) is 20.2 Å². The van der Waals surface area contributed by atoms with Crippen molar-refractivity contribution in [3.05, 3.63) is 93.0 Å². The first kappa shape index (κ1) is 27.0. The van der Waals surface area contributed by atoms with Gasteiger partial charge in [-0.3, -0.25) is 39.4 Å². The number of rotatable bonds is 8. The molecule has 14 heteroatoms. The van der Waals surface area contributed by atoms with E-state index in [9.17, 15) is 39.4 Å². The number of non-ortho nitro benzene ring substituents is 2. The minimum absolute atomic E-state index is 0.0831. The Kier molecular flexibility index (Phi) is 7.36. The molecule has 0 saturated carbocycles. The van der Waals surface area contributed by atoms with Crippen LogP contribution in [0.2, 0.25) is 0 Å². The number of carbonyl (C=O) groups is 4. The van der Waals surface area contributed by atoms with Crippen LogP contribution in [0.15, 0.2) is 82.6 Å². The molecule has 2 fully saturated rings. The minimum Gasteiger partial charge on any atom is -0.274 e. The molecule has 2 saturated heterocycles. The topological polar surface area (TPSA) is 161 Å². The van der Waals surface area contributed by atoms with Gasteiger partial charge in [0.15, 0.2) is 0 Å². The monoisotopic (exact) mass is 578 g/mol. The highest BCUT2D eigenvalue weighted by Gasteiger charge is 2.42. The van der Waals surface area contributed by atoms with E-state index in [1.807, 2.05) is 0 Å². The maximum Gasteiger partial charge on any atom is 0.269 e. The first-order valence-electron chi connectivity index (χ1n) is 11.8. The molecule has 0 aromatic heterocycles. The van der Waals surface area contributed by atoms with Gasteiger partial charge in [0.05, 0.1) is 31.7 Å². The molecular formula is C26H18N4O8S2. The molecule has 0 spiro atoms. The molecule has 3 aromatic carbocycles. The summed E-state index contributed by atoms with van der Waals surface area (Å²) in [6, 6.07) is 17.4. The largest absolute Gasteiger partial charge is 0.274 e. The Morgan fingerprint density at radius 2 is 1.00 bits per heavy atom. The summed E-state index contributed by atoms with van der Waals surface area (Å²) < 4.78 is 0. The van der Waals surface area contributed by atoms with Crippen LogP contribution in [-0.4, -0.2) is 44.0 Å². The highest BCUT2D eigenvalue weighted by atomic mass is 32.2. The molecule has 2 aliphatic heterocycles. The number of benzene rings is 3. The smallest absolute Gasteiger partial charge is 0.269 e. The van der Waals surface area contributed by atoms with Crippen molar-refractivity contribution < 1.29 is 29.0 Å². The lowest BCUT2D eigenvalue weighted by atomic mass is 10.2. The van der Waals surface area contributed by atoms with Crippen LogP contribution in [-0.2, 0) is 19.2 Å². The van der Waals surface area contributed by atoms with Crippen LogP contribution < -0.4 is 9.80 Å². The third kappa shape index (κ3) is 5.31. The average Bonchev–Trinajstić information content (AvgIpc) is 3.37. The molecular weight excluding hydrogens is 560 g/mol. The van der Waals surface area contributed by atoms with Gasteiger partial charge in [-0.15, -0.1) is 23.5 Å². The molecule has 5 rings (SSSR count). The molecule has 12 nitrogen and oxygen atoms in total. The fraction of sp³-hybridized carbons (Fsp3) is 0.154. The van der Waals surface area contributed by atoms with Gasteiger partial charge in [-0.05, 0) is 42.5 Å². The standard InChI is InChI=1S/C26H18N4O8S2/c31-23-13-21(39-19-8-4-15(5-9-19)29(35)36)25(33)27(23)17-2-1-3-18(12-17)28-24(32)14-22(26(28)34)40-20-10-6-16(7-11-20)30(37)38/h1-12,21-22H,13-14H2. The Balaban J connectivity index is 1.30. The number of carbonyl (C=O) groups excluding carboxylic acids is 4. The summed E-state index contributed by atoms with van der Waals surface area (Å²) in [5, 5.41) is 20.3. The first-order valence-corrected chi connectivity index (χ1v) is 13.5. The predicted octanol–water partition coefficient (Wildman–Crippen LogP) is 4.35. The molecule has 2 aliphatic rings. The molecule has 0 N–H and O–H groups in total. The van der Waals surface area contributed by atoms with Gasteiger partial charge in [-0.2, -0.15) is 0 Å². The van der Waals surface area contributed by atoms with Gasteiger partial charge in [0.25, 0.3) is 11.4 Å². The van der Waals surface area contributed by atoms with Crippen LogP contribution in [0.3, 0.4) is 0 Å². The van der Waals surface area contributed by atoms with Crippen LogP contribution in [0.1, 0.15) is 12.8 Å². The third-order valence-electron chi connectivity index (χ3n) is 6.21. The second-order valence-corrected chi connectivity index (χ2v) is 11.3. The number of nitro benzene ring substituents is 2. The Morgan fingerprint density at radius 1 is 0.625 bits per heavy atom. The maximum atomic E-state index is 13.2. The van der Waals surface area contributed by atoms with Crippen molar-refractivity contribution in [3.63, 3.8) is 0 Å². The summed E-state index contributed by atoms with van der Waals surface area (Å²) in [5.74, 6) is -1.85. The third-order valence-corrected chi connectivity index (χ3v) is 8.60. The second-order valence-electron chi connectivity index (χ2n) is 8.78. The van der Waals surface area contributed by atoms with Crippen molar-refractivity contribution in [1.29, 1.82) is 0 Å². The Morgan fingerprint density at radius 3 is 1.35 bits per heavy atom. The van der Waals surface area contributed by atoms with Crippen molar-refractivity contribution in [2.24, 2.45) is 0 Å². The number of anilines is 2. The summed E-state index contributed by atoms with van der Waals surface area (Å²) >= 11 is 2.24. The summed E-state index contributed by atoms with van der Waals surface area (Å²) in [6.45, 7) is 0. The molecule has 2 heterocycles. The number of imide groups is 2. The van der Waals surface area contributed by atoms with E-state index in [4.69, 9.17) is 0 Å². The summed E-state index contributed by atoms with van der Waals surface area (Å²) in [7, 11) is 0. The number of nitrogens with zero attached hydrogens (tertiary/aromatic N) is 4. The molecule has 3 aromatic rings. The number of thioether (sulfide) groups is 2. The van der Waals surface area contributed by atoms with E-state index in [1.54, 1.807) is 6.07 Å². The van der Waals surface area contributed by atoms with Gasteiger partial charge >= 0.3 is 0 Å². The summed E-state index contributed by atoms with van der Waals surface area (Å²) in [6.07, 6.45) is -0.166. The molecule has 2 atom stereocenters. The molecule has 202 valence electrons.